The number of carbonyl (C=O) groups excluding carboxylic acids is 1. The van der Waals surface area contributed by atoms with Gasteiger partial charge in [0.25, 0.3) is 5.91 Å². The lowest BCUT2D eigenvalue weighted by Crippen LogP contribution is -2.51. The van der Waals surface area contributed by atoms with Gasteiger partial charge in [-0.3, -0.25) is 4.79 Å². The van der Waals surface area contributed by atoms with Gasteiger partial charge in [-0.15, -0.1) is 0 Å². The molecule has 2 aromatic rings. The SMILES string of the molecule is CCC(C)c1ccccc1OCC(=O)N1CCN(S(=O)(=O)c2ccc(F)cc2F)CC1. The number of sulfonamides is 1. The minimum Gasteiger partial charge on any atom is -0.483 e. The van der Waals surface area contributed by atoms with Crippen molar-refractivity contribution in [3.63, 3.8) is 0 Å². The van der Waals surface area contributed by atoms with Crippen molar-refractivity contribution in [2.24, 2.45) is 0 Å². The number of hydrogen-bond acceptors (Lipinski definition) is 4. The van der Waals surface area contributed by atoms with Gasteiger partial charge in [-0.25, -0.2) is 17.2 Å². The van der Waals surface area contributed by atoms with E-state index in [1.807, 2.05) is 24.3 Å². The Kier molecular flexibility index (Phi) is 7.27. The van der Waals surface area contributed by atoms with Crippen LogP contribution in [0.1, 0.15) is 31.7 Å². The molecule has 1 saturated heterocycles. The molecule has 0 bridgehead atoms. The first-order valence-electron chi connectivity index (χ1n) is 10.2. The summed E-state index contributed by atoms with van der Waals surface area (Å²) in [7, 11) is -4.11. The maximum atomic E-state index is 14.0. The van der Waals surface area contributed by atoms with Crippen molar-refractivity contribution in [3.05, 3.63) is 59.7 Å². The number of rotatable bonds is 7. The fraction of sp³-hybridized carbons (Fsp3) is 0.409. The highest BCUT2D eigenvalue weighted by Gasteiger charge is 2.32. The summed E-state index contributed by atoms with van der Waals surface area (Å²) in [6.07, 6.45) is 0.944. The van der Waals surface area contributed by atoms with Crippen LogP contribution in [0.4, 0.5) is 8.78 Å². The van der Waals surface area contributed by atoms with Crippen LogP contribution in [0.5, 0.6) is 5.75 Å². The Bertz CT molecular complexity index is 1040. The highest BCUT2D eigenvalue weighted by Crippen LogP contribution is 2.28. The standard InChI is InChI=1S/C22H26F2N2O4S/c1-3-16(2)18-6-4-5-7-20(18)30-15-22(27)25-10-12-26(13-11-25)31(28,29)21-9-8-17(23)14-19(21)24/h4-9,14,16H,3,10-13,15H2,1-2H3. The highest BCUT2D eigenvalue weighted by molar-refractivity contribution is 7.89. The molecule has 9 heteroatoms. The molecule has 0 aliphatic carbocycles. The van der Waals surface area contributed by atoms with Gasteiger partial charge in [0.15, 0.2) is 6.61 Å². The van der Waals surface area contributed by atoms with E-state index in [0.717, 1.165) is 28.4 Å². The summed E-state index contributed by atoms with van der Waals surface area (Å²) in [4.78, 5) is 13.5. The fourth-order valence-corrected chi connectivity index (χ4v) is 4.94. The molecule has 0 spiro atoms. The Balaban J connectivity index is 1.59. The van der Waals surface area contributed by atoms with E-state index in [-0.39, 0.29) is 38.7 Å². The number of halogens is 2. The first kappa shape index (κ1) is 23.1. The molecule has 0 saturated carbocycles. The molecular formula is C22H26F2N2O4S. The van der Waals surface area contributed by atoms with Crippen molar-refractivity contribution in [2.75, 3.05) is 32.8 Å². The molecule has 0 aromatic heterocycles. The molecule has 1 fully saturated rings. The van der Waals surface area contributed by atoms with Crippen molar-refractivity contribution in [1.29, 1.82) is 0 Å². The van der Waals surface area contributed by atoms with E-state index in [0.29, 0.717) is 17.7 Å². The minimum absolute atomic E-state index is 0.0222. The average Bonchev–Trinajstić information content (AvgIpc) is 2.77. The van der Waals surface area contributed by atoms with Gasteiger partial charge in [0.05, 0.1) is 0 Å². The average molecular weight is 453 g/mol. The molecule has 1 atom stereocenters. The molecule has 2 aromatic carbocycles. The Labute approximate surface area is 181 Å². The van der Waals surface area contributed by atoms with Crippen molar-refractivity contribution >= 4 is 15.9 Å². The largest absolute Gasteiger partial charge is 0.483 e. The Hall–Kier alpha value is -2.52. The van der Waals surface area contributed by atoms with E-state index < -0.39 is 26.6 Å². The molecule has 1 aliphatic rings. The molecule has 6 nitrogen and oxygen atoms in total. The predicted octanol–water partition coefficient (Wildman–Crippen LogP) is 3.39. The van der Waals surface area contributed by atoms with E-state index in [9.17, 15) is 22.0 Å². The van der Waals surface area contributed by atoms with Gasteiger partial charge >= 0.3 is 0 Å². The second-order valence-corrected chi connectivity index (χ2v) is 9.40. The van der Waals surface area contributed by atoms with E-state index >= 15 is 0 Å². The summed E-state index contributed by atoms with van der Waals surface area (Å²) in [6, 6.07) is 9.96. The maximum Gasteiger partial charge on any atom is 0.260 e. The third-order valence-electron chi connectivity index (χ3n) is 5.52. The second-order valence-electron chi connectivity index (χ2n) is 7.50. The smallest absolute Gasteiger partial charge is 0.260 e. The lowest BCUT2D eigenvalue weighted by molar-refractivity contribution is -0.134. The van der Waals surface area contributed by atoms with E-state index in [1.54, 1.807) is 0 Å². The molecule has 31 heavy (non-hydrogen) atoms. The molecule has 168 valence electrons. The van der Waals surface area contributed by atoms with Crippen LogP contribution < -0.4 is 4.74 Å². The molecule has 1 unspecified atom stereocenters. The summed E-state index contributed by atoms with van der Waals surface area (Å²) < 4.78 is 59.3. The van der Waals surface area contributed by atoms with Crippen molar-refractivity contribution < 1.29 is 26.7 Å². The van der Waals surface area contributed by atoms with E-state index in [2.05, 4.69) is 13.8 Å². The van der Waals surface area contributed by atoms with Crippen LogP contribution >= 0.6 is 0 Å². The number of hydrogen-bond donors (Lipinski definition) is 0. The summed E-state index contributed by atoms with van der Waals surface area (Å²) in [5.41, 5.74) is 1.04. The van der Waals surface area contributed by atoms with Crippen LogP contribution in [0.25, 0.3) is 0 Å². The Morgan fingerprint density at radius 1 is 1.10 bits per heavy atom. The summed E-state index contributed by atoms with van der Waals surface area (Å²) in [5.74, 6) is -1.26. The zero-order valence-corrected chi connectivity index (χ0v) is 18.4. The third-order valence-corrected chi connectivity index (χ3v) is 7.45. The first-order valence-corrected chi connectivity index (χ1v) is 11.6. The van der Waals surface area contributed by atoms with E-state index in [1.165, 1.54) is 4.90 Å². The lowest BCUT2D eigenvalue weighted by atomic mass is 9.98. The summed E-state index contributed by atoms with van der Waals surface area (Å²) in [6.45, 7) is 4.40. The number of amides is 1. The number of carbonyl (C=O) groups is 1. The first-order chi connectivity index (χ1) is 14.7. The maximum absolute atomic E-state index is 14.0. The van der Waals surface area contributed by atoms with Crippen LogP contribution in [0.3, 0.4) is 0 Å². The predicted molar refractivity (Wildman–Crippen MR) is 112 cm³/mol. The normalized spacial score (nSPS) is 16.2. The second kappa shape index (κ2) is 9.74. The highest BCUT2D eigenvalue weighted by atomic mass is 32.2. The zero-order valence-electron chi connectivity index (χ0n) is 17.6. The molecule has 1 heterocycles. The molecule has 0 N–H and O–H groups in total. The monoisotopic (exact) mass is 452 g/mol. The van der Waals surface area contributed by atoms with Gasteiger partial charge in [-0.2, -0.15) is 4.31 Å². The summed E-state index contributed by atoms with van der Waals surface area (Å²) >= 11 is 0. The quantitative estimate of drug-likeness (QED) is 0.646. The number of ether oxygens (including phenoxy) is 1. The number of benzene rings is 2. The third kappa shape index (κ3) is 5.22. The lowest BCUT2D eigenvalue weighted by Gasteiger charge is -2.34. The van der Waals surface area contributed by atoms with E-state index in [4.69, 9.17) is 4.74 Å². The molecule has 0 radical (unpaired) electrons. The van der Waals surface area contributed by atoms with Gasteiger partial charge in [0.1, 0.15) is 22.3 Å². The fourth-order valence-electron chi connectivity index (χ4n) is 3.47. The number of piperazine rings is 1. The summed E-state index contributed by atoms with van der Waals surface area (Å²) in [5, 5.41) is 0. The van der Waals surface area contributed by atoms with Crippen molar-refractivity contribution in [3.8, 4) is 5.75 Å². The van der Waals surface area contributed by atoms with Crippen LogP contribution in [0.15, 0.2) is 47.4 Å². The zero-order chi connectivity index (χ0) is 22.6. The van der Waals surface area contributed by atoms with Gasteiger partial charge in [0.2, 0.25) is 10.0 Å². The van der Waals surface area contributed by atoms with Crippen LogP contribution in [-0.2, 0) is 14.8 Å². The van der Waals surface area contributed by atoms with Crippen molar-refractivity contribution in [1.82, 2.24) is 9.21 Å². The van der Waals surface area contributed by atoms with Gasteiger partial charge in [-0.05, 0) is 36.1 Å². The van der Waals surface area contributed by atoms with Gasteiger partial charge in [-0.1, -0.05) is 32.0 Å². The Morgan fingerprint density at radius 2 is 1.77 bits per heavy atom. The minimum atomic E-state index is -4.11. The van der Waals surface area contributed by atoms with Crippen LogP contribution in [-0.4, -0.2) is 56.3 Å². The molecular weight excluding hydrogens is 426 g/mol. The number of nitrogens with zero attached hydrogens (tertiary/aromatic N) is 2. The van der Waals surface area contributed by atoms with Gasteiger partial charge < -0.3 is 9.64 Å². The number of para-hydroxylation sites is 1. The molecule has 1 amide bonds. The molecule has 1 aliphatic heterocycles. The van der Waals surface area contributed by atoms with Gasteiger partial charge in [0, 0.05) is 32.2 Å². The van der Waals surface area contributed by atoms with Crippen LogP contribution in [0, 0.1) is 11.6 Å². The topological polar surface area (TPSA) is 66.9 Å². The van der Waals surface area contributed by atoms with Crippen molar-refractivity contribution in [2.45, 2.75) is 31.1 Å². The Morgan fingerprint density at radius 3 is 2.42 bits per heavy atom. The van der Waals surface area contributed by atoms with Crippen LogP contribution in [0.2, 0.25) is 0 Å². The molecule has 3 rings (SSSR count).